The van der Waals surface area contributed by atoms with Gasteiger partial charge in [0.1, 0.15) is 6.54 Å². The van der Waals surface area contributed by atoms with Crippen LogP contribution in [0.25, 0.3) is 6.08 Å². The molecule has 1 heterocycles. The van der Waals surface area contributed by atoms with Crippen LogP contribution < -0.4 is 14.2 Å². The van der Waals surface area contributed by atoms with Crippen molar-refractivity contribution in [3.05, 3.63) is 59.7 Å². The summed E-state index contributed by atoms with van der Waals surface area (Å²) in [6.45, 7) is 0.367. The molecule has 0 aliphatic carbocycles. The summed E-state index contributed by atoms with van der Waals surface area (Å²) in [4.78, 5) is 22.8. The van der Waals surface area contributed by atoms with E-state index in [2.05, 4.69) is 0 Å². The topological polar surface area (TPSA) is 119 Å². The Kier molecular flexibility index (Phi) is 6.30. The average Bonchev–Trinajstić information content (AvgIpc) is 2.96. The van der Waals surface area contributed by atoms with Gasteiger partial charge in [-0.05, 0) is 42.5 Å². The maximum Gasteiger partial charge on any atom is 0.318 e. The number of benzene rings is 2. The van der Waals surface area contributed by atoms with Crippen molar-refractivity contribution in [1.29, 1.82) is 0 Å². The predicted octanol–water partition coefficient (Wildman–Crippen LogP) is 2.11. The molecule has 1 aliphatic rings. The van der Waals surface area contributed by atoms with Gasteiger partial charge >= 0.3 is 5.97 Å². The summed E-state index contributed by atoms with van der Waals surface area (Å²) in [5.74, 6) is -0.404. The highest BCUT2D eigenvalue weighted by atomic mass is 32.2. The molecule has 0 fully saturated rings. The zero-order valence-electron chi connectivity index (χ0n) is 15.3. The molecule has 0 radical (unpaired) electrons. The van der Waals surface area contributed by atoms with Gasteiger partial charge in [-0.1, -0.05) is 12.1 Å². The van der Waals surface area contributed by atoms with Crippen molar-refractivity contribution in [3.8, 4) is 11.5 Å². The predicted molar refractivity (Wildman–Crippen MR) is 105 cm³/mol. The first-order valence-corrected chi connectivity index (χ1v) is 10.3. The van der Waals surface area contributed by atoms with E-state index in [1.54, 1.807) is 24.3 Å². The van der Waals surface area contributed by atoms with Gasteiger partial charge in [0.15, 0.2) is 17.3 Å². The summed E-state index contributed by atoms with van der Waals surface area (Å²) in [7, 11) is -3.96. The van der Waals surface area contributed by atoms with Crippen LogP contribution in [0.2, 0.25) is 0 Å². The van der Waals surface area contributed by atoms with Crippen molar-refractivity contribution >= 4 is 27.9 Å². The Morgan fingerprint density at radius 2 is 1.79 bits per heavy atom. The fourth-order valence-corrected chi connectivity index (χ4v) is 3.62. The number of aliphatic carboxylic acids is 1. The quantitative estimate of drug-likeness (QED) is 0.523. The number of para-hydroxylation sites is 1. The maximum absolute atomic E-state index is 12.4. The first-order chi connectivity index (χ1) is 13.9. The van der Waals surface area contributed by atoms with Crippen molar-refractivity contribution in [2.45, 2.75) is 11.3 Å². The van der Waals surface area contributed by atoms with Crippen molar-refractivity contribution in [1.82, 2.24) is 4.72 Å². The molecule has 0 bridgehead atoms. The van der Waals surface area contributed by atoms with Crippen molar-refractivity contribution in [2.24, 2.45) is 0 Å². The molecule has 0 amide bonds. The second-order valence-corrected chi connectivity index (χ2v) is 7.93. The molecular formula is C20H19NO7S. The molecule has 2 aromatic carbocycles. The lowest BCUT2D eigenvalue weighted by molar-refractivity contribution is -0.135. The molecule has 0 aromatic heterocycles. The number of carbonyl (C=O) groups excluding carboxylic acids is 1. The minimum absolute atomic E-state index is 0.127. The summed E-state index contributed by atoms with van der Waals surface area (Å²) in [6, 6.07) is 10.6. The van der Waals surface area contributed by atoms with Gasteiger partial charge in [-0.2, -0.15) is 4.72 Å². The van der Waals surface area contributed by atoms with E-state index >= 15 is 0 Å². The number of ketones is 1. The Bertz CT molecular complexity index is 1040. The number of sulfonamides is 1. The number of carbonyl (C=O) groups is 2. The first kappa shape index (κ1) is 20.6. The van der Waals surface area contributed by atoms with Crippen LogP contribution in [0.15, 0.2) is 53.4 Å². The van der Waals surface area contributed by atoms with Gasteiger partial charge in [0.05, 0.1) is 18.1 Å². The van der Waals surface area contributed by atoms with Gasteiger partial charge in [0.2, 0.25) is 10.0 Å². The van der Waals surface area contributed by atoms with Crippen LogP contribution in [0, 0.1) is 0 Å². The van der Waals surface area contributed by atoms with E-state index in [4.69, 9.17) is 14.6 Å². The molecule has 0 atom stereocenters. The number of rotatable bonds is 7. The van der Waals surface area contributed by atoms with Crippen molar-refractivity contribution in [2.75, 3.05) is 19.8 Å². The molecule has 0 spiro atoms. The molecule has 2 aromatic rings. The van der Waals surface area contributed by atoms with E-state index in [0.717, 1.165) is 6.42 Å². The number of fused-ring (bicyclic) bond motifs is 1. The largest absolute Gasteiger partial charge is 0.490 e. The summed E-state index contributed by atoms with van der Waals surface area (Å²) in [5.41, 5.74) is 0.993. The third-order valence-electron chi connectivity index (χ3n) is 4.08. The zero-order chi connectivity index (χ0) is 20.9. The molecule has 1 aliphatic heterocycles. The van der Waals surface area contributed by atoms with Crippen LogP contribution in [0.3, 0.4) is 0 Å². The Labute approximate surface area is 167 Å². The summed E-state index contributed by atoms with van der Waals surface area (Å²) in [5, 5.41) is 8.59. The number of allylic oxidation sites excluding steroid dienone is 1. The normalized spacial score (nSPS) is 13.8. The van der Waals surface area contributed by atoms with E-state index < -0.39 is 22.5 Å². The lowest BCUT2D eigenvalue weighted by Crippen LogP contribution is -2.29. The first-order valence-electron chi connectivity index (χ1n) is 8.79. The highest BCUT2D eigenvalue weighted by Crippen LogP contribution is 2.34. The number of hydrogen-bond acceptors (Lipinski definition) is 6. The molecule has 8 nitrogen and oxygen atoms in total. The molecule has 0 saturated carbocycles. The number of carboxylic acid groups (broad SMARTS) is 1. The van der Waals surface area contributed by atoms with E-state index in [-0.39, 0.29) is 16.2 Å². The number of hydrogen-bond donors (Lipinski definition) is 2. The minimum Gasteiger partial charge on any atom is -0.490 e. The molecule has 2 N–H and O–H groups in total. The van der Waals surface area contributed by atoms with Gasteiger partial charge in [0, 0.05) is 17.5 Å². The number of nitrogens with one attached hydrogen (secondary N) is 1. The Balaban J connectivity index is 1.74. The van der Waals surface area contributed by atoms with Gasteiger partial charge in [-0.15, -0.1) is 0 Å². The Hall–Kier alpha value is -3.17. The summed E-state index contributed by atoms with van der Waals surface area (Å²) in [6.07, 6.45) is 3.76. The highest BCUT2D eigenvalue weighted by molar-refractivity contribution is 7.89. The van der Waals surface area contributed by atoms with E-state index in [1.807, 2.05) is 4.72 Å². The molecule has 0 saturated heterocycles. The van der Waals surface area contributed by atoms with Crippen molar-refractivity contribution < 1.29 is 32.6 Å². The molecule has 0 unspecified atom stereocenters. The molecule has 152 valence electrons. The fourth-order valence-electron chi connectivity index (χ4n) is 2.65. The maximum atomic E-state index is 12.4. The average molecular weight is 417 g/mol. The summed E-state index contributed by atoms with van der Waals surface area (Å²) < 4.78 is 37.3. The van der Waals surface area contributed by atoms with Crippen LogP contribution in [-0.2, 0) is 14.8 Å². The molecule has 29 heavy (non-hydrogen) atoms. The van der Waals surface area contributed by atoms with E-state index in [1.165, 1.54) is 30.3 Å². The lowest BCUT2D eigenvalue weighted by Gasteiger charge is -2.09. The standard InChI is InChI=1S/C20H19NO7S/c22-17(10-7-15-3-1-4-18-20(15)28-12-2-11-27-18)14-5-8-16(9-6-14)29(25,26)21-13-19(23)24/h1,3-10,21H,2,11-13H2,(H,23,24)/b10-7+. The smallest absolute Gasteiger partial charge is 0.318 e. The third kappa shape index (κ3) is 5.21. The monoisotopic (exact) mass is 417 g/mol. The van der Waals surface area contributed by atoms with Crippen LogP contribution >= 0.6 is 0 Å². The zero-order valence-corrected chi connectivity index (χ0v) is 16.1. The Morgan fingerprint density at radius 1 is 1.07 bits per heavy atom. The SMILES string of the molecule is O=C(O)CNS(=O)(=O)c1ccc(C(=O)/C=C/c2cccc3c2OCCCO3)cc1. The van der Waals surface area contributed by atoms with Crippen LogP contribution in [0.5, 0.6) is 11.5 Å². The van der Waals surface area contributed by atoms with Crippen molar-refractivity contribution in [3.63, 3.8) is 0 Å². The van der Waals surface area contributed by atoms with Gasteiger partial charge in [-0.3, -0.25) is 9.59 Å². The second-order valence-electron chi connectivity index (χ2n) is 6.17. The summed E-state index contributed by atoms with van der Waals surface area (Å²) >= 11 is 0. The highest BCUT2D eigenvalue weighted by Gasteiger charge is 2.16. The Morgan fingerprint density at radius 3 is 2.52 bits per heavy atom. The van der Waals surface area contributed by atoms with Gasteiger partial charge in [0.25, 0.3) is 0 Å². The van der Waals surface area contributed by atoms with Crippen LogP contribution in [0.1, 0.15) is 22.3 Å². The number of ether oxygens (including phenoxy) is 2. The molecular weight excluding hydrogens is 398 g/mol. The van der Waals surface area contributed by atoms with Gasteiger partial charge in [-0.25, -0.2) is 8.42 Å². The molecule has 3 rings (SSSR count). The third-order valence-corrected chi connectivity index (χ3v) is 5.50. The minimum atomic E-state index is -3.96. The van der Waals surface area contributed by atoms with E-state index in [0.29, 0.717) is 30.3 Å². The fraction of sp³-hybridized carbons (Fsp3) is 0.200. The van der Waals surface area contributed by atoms with E-state index in [9.17, 15) is 18.0 Å². The van der Waals surface area contributed by atoms with Gasteiger partial charge < -0.3 is 14.6 Å². The molecule has 9 heteroatoms. The lowest BCUT2D eigenvalue weighted by atomic mass is 10.1. The van der Waals surface area contributed by atoms with Crippen LogP contribution in [0.4, 0.5) is 0 Å². The van der Waals surface area contributed by atoms with Crippen LogP contribution in [-0.4, -0.2) is 45.0 Å². The number of carboxylic acids is 1. The second kappa shape index (κ2) is 8.89.